The van der Waals surface area contributed by atoms with E-state index >= 15 is 0 Å². The second-order valence-electron chi connectivity index (χ2n) is 5.93. The Balaban J connectivity index is 1.96. The molecule has 0 aromatic heterocycles. The number of nitrogens with zero attached hydrogens (tertiary/aromatic N) is 3. The smallest absolute Gasteiger partial charge is 0.344 e. The number of allylic oxidation sites excluding steroid dienone is 1. The molecule has 0 spiro atoms. The van der Waals surface area contributed by atoms with E-state index in [0.29, 0.717) is 30.4 Å². The normalized spacial score (nSPS) is 16.0. The number of esters is 1. The van der Waals surface area contributed by atoms with Crippen molar-refractivity contribution in [3.8, 4) is 5.75 Å². The van der Waals surface area contributed by atoms with Gasteiger partial charge in [-0.1, -0.05) is 6.08 Å². The minimum atomic E-state index is -1.08. The zero-order chi connectivity index (χ0) is 20.4. The molecular formula is C17H16FN3O7. The Kier molecular flexibility index (Phi) is 5.25. The van der Waals surface area contributed by atoms with Gasteiger partial charge in [-0.05, 0) is 19.8 Å². The van der Waals surface area contributed by atoms with Crippen molar-refractivity contribution in [1.29, 1.82) is 0 Å². The van der Waals surface area contributed by atoms with Crippen LogP contribution in [-0.4, -0.2) is 47.5 Å². The molecule has 1 saturated heterocycles. The Bertz CT molecular complexity index is 899. The fourth-order valence-electron chi connectivity index (χ4n) is 2.96. The largest absolute Gasteiger partial charge is 0.475 e. The molecule has 10 nitrogen and oxygen atoms in total. The van der Waals surface area contributed by atoms with Crippen LogP contribution in [0.1, 0.15) is 19.8 Å². The second kappa shape index (κ2) is 7.62. The molecule has 3 rings (SSSR count). The predicted octanol–water partition coefficient (Wildman–Crippen LogP) is 2.12. The van der Waals surface area contributed by atoms with Crippen LogP contribution in [0, 0.1) is 15.9 Å². The third-order valence-corrected chi connectivity index (χ3v) is 4.18. The molecule has 28 heavy (non-hydrogen) atoms. The van der Waals surface area contributed by atoms with Crippen molar-refractivity contribution < 1.29 is 33.2 Å². The number of fused-ring (bicyclic) bond motifs is 1. The van der Waals surface area contributed by atoms with Crippen molar-refractivity contribution in [3.63, 3.8) is 0 Å². The maximum Gasteiger partial charge on any atom is 0.344 e. The minimum Gasteiger partial charge on any atom is -0.475 e. The SMILES string of the molecule is CCOC(=O)COc1cc(F)c(N2C(=O)C3=CCCCN3C2=O)cc1[N+](=O)[O-]. The van der Waals surface area contributed by atoms with Gasteiger partial charge in [0.1, 0.15) is 5.70 Å². The zero-order valence-electron chi connectivity index (χ0n) is 14.8. The van der Waals surface area contributed by atoms with Crippen LogP contribution in [0.25, 0.3) is 0 Å². The highest BCUT2D eigenvalue weighted by Gasteiger charge is 2.44. The Morgan fingerprint density at radius 2 is 2.11 bits per heavy atom. The maximum atomic E-state index is 14.6. The van der Waals surface area contributed by atoms with Gasteiger partial charge >= 0.3 is 17.7 Å². The summed E-state index contributed by atoms with van der Waals surface area (Å²) in [5, 5.41) is 11.4. The number of anilines is 1. The average molecular weight is 393 g/mol. The Morgan fingerprint density at radius 1 is 1.36 bits per heavy atom. The van der Waals surface area contributed by atoms with Crippen LogP contribution in [0.15, 0.2) is 23.9 Å². The van der Waals surface area contributed by atoms with E-state index in [1.165, 1.54) is 4.90 Å². The van der Waals surface area contributed by atoms with Gasteiger partial charge in [0.2, 0.25) is 5.75 Å². The molecule has 2 aliphatic rings. The number of nitro groups is 1. The second-order valence-corrected chi connectivity index (χ2v) is 5.93. The van der Waals surface area contributed by atoms with Crippen molar-refractivity contribution >= 4 is 29.3 Å². The van der Waals surface area contributed by atoms with Crippen LogP contribution in [0.3, 0.4) is 0 Å². The van der Waals surface area contributed by atoms with E-state index in [9.17, 15) is 28.9 Å². The van der Waals surface area contributed by atoms with E-state index in [2.05, 4.69) is 4.74 Å². The molecule has 0 atom stereocenters. The molecule has 148 valence electrons. The lowest BCUT2D eigenvalue weighted by molar-refractivity contribution is -0.385. The first-order valence-electron chi connectivity index (χ1n) is 8.47. The van der Waals surface area contributed by atoms with Crippen LogP contribution < -0.4 is 9.64 Å². The number of ether oxygens (including phenoxy) is 2. The molecule has 0 N–H and O–H groups in total. The van der Waals surface area contributed by atoms with Gasteiger partial charge in [0.25, 0.3) is 5.91 Å². The fraction of sp³-hybridized carbons (Fsp3) is 0.353. The van der Waals surface area contributed by atoms with E-state index in [0.717, 1.165) is 6.07 Å². The van der Waals surface area contributed by atoms with Crippen LogP contribution >= 0.6 is 0 Å². The zero-order valence-corrected chi connectivity index (χ0v) is 14.8. The molecule has 0 bridgehead atoms. The highest BCUT2D eigenvalue weighted by molar-refractivity contribution is 6.27. The van der Waals surface area contributed by atoms with Crippen LogP contribution in [0.2, 0.25) is 0 Å². The highest BCUT2D eigenvalue weighted by atomic mass is 19.1. The number of hydrogen-bond acceptors (Lipinski definition) is 7. The first-order chi connectivity index (χ1) is 13.3. The van der Waals surface area contributed by atoms with Gasteiger partial charge in [0.15, 0.2) is 12.4 Å². The summed E-state index contributed by atoms with van der Waals surface area (Å²) in [7, 11) is 0. The van der Waals surface area contributed by atoms with E-state index in [4.69, 9.17) is 4.74 Å². The number of benzene rings is 1. The van der Waals surface area contributed by atoms with Crippen LogP contribution in [-0.2, 0) is 14.3 Å². The van der Waals surface area contributed by atoms with E-state index in [1.54, 1.807) is 13.0 Å². The lowest BCUT2D eigenvalue weighted by atomic mass is 10.2. The molecule has 0 aliphatic carbocycles. The van der Waals surface area contributed by atoms with Crippen molar-refractivity contribution in [1.82, 2.24) is 4.90 Å². The van der Waals surface area contributed by atoms with Gasteiger partial charge in [-0.15, -0.1) is 0 Å². The summed E-state index contributed by atoms with van der Waals surface area (Å²) in [5.74, 6) is -3.13. The summed E-state index contributed by atoms with van der Waals surface area (Å²) >= 11 is 0. The molecule has 3 amide bonds. The Hall–Kier alpha value is -3.50. The van der Waals surface area contributed by atoms with Gasteiger partial charge in [0.05, 0.1) is 17.2 Å². The summed E-state index contributed by atoms with van der Waals surface area (Å²) in [6.45, 7) is 1.30. The number of rotatable bonds is 6. The number of nitro benzene ring substituents is 1. The first-order valence-corrected chi connectivity index (χ1v) is 8.47. The molecule has 0 unspecified atom stereocenters. The van der Waals surface area contributed by atoms with Crippen molar-refractivity contribution in [2.45, 2.75) is 19.8 Å². The highest BCUT2D eigenvalue weighted by Crippen LogP contribution is 2.38. The molecule has 0 saturated carbocycles. The summed E-state index contributed by atoms with van der Waals surface area (Å²) in [6.07, 6.45) is 2.83. The molecule has 11 heteroatoms. The summed E-state index contributed by atoms with van der Waals surface area (Å²) in [5.41, 5.74) is -1.12. The molecule has 1 aromatic carbocycles. The molecular weight excluding hydrogens is 377 g/mol. The number of halogens is 1. The van der Waals surface area contributed by atoms with Crippen LogP contribution in [0.4, 0.5) is 20.6 Å². The third kappa shape index (κ3) is 3.38. The number of carbonyl (C=O) groups excluding carboxylic acids is 3. The van der Waals surface area contributed by atoms with E-state index in [-0.39, 0.29) is 12.3 Å². The topological polar surface area (TPSA) is 119 Å². The monoisotopic (exact) mass is 393 g/mol. The maximum absolute atomic E-state index is 14.6. The van der Waals surface area contributed by atoms with E-state index in [1.807, 2.05) is 0 Å². The average Bonchev–Trinajstić information content (AvgIpc) is 2.91. The predicted molar refractivity (Wildman–Crippen MR) is 92.1 cm³/mol. The van der Waals surface area contributed by atoms with Gasteiger partial charge in [-0.2, -0.15) is 0 Å². The van der Waals surface area contributed by atoms with Gasteiger partial charge in [0, 0.05) is 18.7 Å². The summed E-state index contributed by atoms with van der Waals surface area (Å²) < 4.78 is 24.3. The first kappa shape index (κ1) is 19.3. The minimum absolute atomic E-state index is 0.0864. The molecule has 0 radical (unpaired) electrons. The van der Waals surface area contributed by atoms with Gasteiger partial charge in [-0.25, -0.2) is 18.9 Å². The van der Waals surface area contributed by atoms with Gasteiger partial charge < -0.3 is 9.47 Å². The fourth-order valence-corrected chi connectivity index (χ4v) is 2.96. The Labute approximate surface area is 158 Å². The van der Waals surface area contributed by atoms with Crippen molar-refractivity contribution in [2.24, 2.45) is 0 Å². The molecule has 2 aliphatic heterocycles. The quantitative estimate of drug-likeness (QED) is 0.314. The number of urea groups is 1. The number of carbonyl (C=O) groups is 3. The van der Waals surface area contributed by atoms with Crippen LogP contribution in [0.5, 0.6) is 5.75 Å². The summed E-state index contributed by atoms with van der Waals surface area (Å²) in [4.78, 5) is 48.7. The number of imide groups is 1. The molecule has 1 fully saturated rings. The number of amides is 3. The summed E-state index contributed by atoms with van der Waals surface area (Å²) in [6, 6.07) is 0.633. The lowest BCUT2D eigenvalue weighted by Crippen LogP contribution is -2.34. The number of hydrogen-bond donors (Lipinski definition) is 0. The lowest BCUT2D eigenvalue weighted by Gasteiger charge is -2.19. The third-order valence-electron chi connectivity index (χ3n) is 4.18. The van der Waals surface area contributed by atoms with Crippen molar-refractivity contribution in [2.75, 3.05) is 24.7 Å². The Morgan fingerprint density at radius 3 is 2.75 bits per heavy atom. The molecule has 2 heterocycles. The van der Waals surface area contributed by atoms with Crippen molar-refractivity contribution in [3.05, 3.63) is 39.8 Å². The van der Waals surface area contributed by atoms with E-state index < -0.39 is 52.4 Å². The molecule has 1 aromatic rings. The standard InChI is InChI=1S/C17H16FN3O7/c1-2-27-15(22)9-28-14-7-10(18)12(8-13(14)21(25)26)20-16(23)11-5-3-4-6-19(11)17(20)24/h5,7-8H,2-4,6,9H2,1H3. The van der Waals surface area contributed by atoms with Gasteiger partial charge in [-0.3, -0.25) is 19.8 Å².